The van der Waals surface area contributed by atoms with Crippen LogP contribution in [0.25, 0.3) is 10.8 Å². The van der Waals surface area contributed by atoms with Crippen LogP contribution in [0, 0.1) is 0 Å². The molecule has 0 bridgehead atoms. The van der Waals surface area contributed by atoms with Gasteiger partial charge in [0, 0.05) is 33.3 Å². The summed E-state index contributed by atoms with van der Waals surface area (Å²) in [7, 11) is 0. The Bertz CT molecular complexity index is 558. The molecule has 1 aliphatic rings. The fraction of sp³-hybridized carbons (Fsp3) is 0. The van der Waals surface area contributed by atoms with Crippen LogP contribution < -0.4 is 5.32 Å². The zero-order valence-corrected chi connectivity index (χ0v) is 9.15. The summed E-state index contributed by atoms with van der Waals surface area (Å²) in [5.41, 5.74) is 1.14. The Labute approximate surface area is 102 Å². The van der Waals surface area contributed by atoms with Crippen molar-refractivity contribution in [1.82, 2.24) is 5.32 Å². The van der Waals surface area contributed by atoms with E-state index in [-0.39, 0.29) is 28.6 Å². The molecular weight excluding hydrogens is 249 g/mol. The van der Waals surface area contributed by atoms with Gasteiger partial charge in [0.1, 0.15) is 0 Å². The van der Waals surface area contributed by atoms with Crippen LogP contribution in [-0.4, -0.2) is 11.8 Å². The molecule has 0 aliphatic carbocycles. The number of carbonyl (C=O) groups excluding carboxylic acids is 2. The predicted octanol–water partition coefficient (Wildman–Crippen LogP) is 1.72. The molecule has 0 unspecified atom stereocenters. The molecule has 16 heavy (non-hydrogen) atoms. The Kier molecular flexibility index (Phi) is 2.53. The third kappa shape index (κ3) is 1.35. The van der Waals surface area contributed by atoms with Crippen LogP contribution in [0.3, 0.4) is 0 Å². The first-order chi connectivity index (χ1) is 7.27. The molecule has 4 heteroatoms. The second kappa shape index (κ2) is 3.73. The SMILES string of the molecule is O=C1NC(=O)c2cccc3cccc1c23.[Co]. The number of benzene rings is 2. The van der Waals surface area contributed by atoms with Crippen molar-refractivity contribution in [3.05, 3.63) is 47.5 Å². The minimum Gasteiger partial charge on any atom is -0.288 e. The maximum atomic E-state index is 11.6. The molecule has 0 atom stereocenters. The Morgan fingerprint density at radius 1 is 0.812 bits per heavy atom. The molecule has 1 radical (unpaired) electrons. The molecule has 0 aromatic heterocycles. The summed E-state index contributed by atoms with van der Waals surface area (Å²) in [4.78, 5) is 23.1. The number of imide groups is 1. The summed E-state index contributed by atoms with van der Waals surface area (Å²) in [6, 6.07) is 10.9. The zero-order valence-electron chi connectivity index (χ0n) is 8.11. The van der Waals surface area contributed by atoms with Crippen molar-refractivity contribution in [2.45, 2.75) is 0 Å². The van der Waals surface area contributed by atoms with E-state index in [9.17, 15) is 9.59 Å². The number of rotatable bonds is 0. The Balaban J connectivity index is 0.000000963. The van der Waals surface area contributed by atoms with Gasteiger partial charge >= 0.3 is 0 Å². The van der Waals surface area contributed by atoms with Crippen LogP contribution in [0.15, 0.2) is 36.4 Å². The van der Waals surface area contributed by atoms with Crippen LogP contribution in [0.1, 0.15) is 20.7 Å². The molecule has 0 saturated carbocycles. The average molecular weight is 256 g/mol. The van der Waals surface area contributed by atoms with Crippen LogP contribution in [0.4, 0.5) is 0 Å². The molecule has 3 rings (SSSR count). The molecule has 1 heterocycles. The third-order valence-corrected chi connectivity index (χ3v) is 2.62. The minimum atomic E-state index is -0.315. The van der Waals surface area contributed by atoms with E-state index in [4.69, 9.17) is 0 Å². The first kappa shape index (κ1) is 10.9. The van der Waals surface area contributed by atoms with E-state index in [2.05, 4.69) is 5.32 Å². The van der Waals surface area contributed by atoms with Crippen molar-refractivity contribution in [2.75, 3.05) is 0 Å². The van der Waals surface area contributed by atoms with Gasteiger partial charge < -0.3 is 0 Å². The Hall–Kier alpha value is -1.65. The van der Waals surface area contributed by atoms with Crippen LogP contribution in [0.5, 0.6) is 0 Å². The monoisotopic (exact) mass is 256 g/mol. The molecular formula is C12H7CoNO2. The molecule has 2 amide bonds. The van der Waals surface area contributed by atoms with Gasteiger partial charge in [-0.25, -0.2) is 0 Å². The average Bonchev–Trinajstić information content (AvgIpc) is 2.25. The van der Waals surface area contributed by atoms with Crippen molar-refractivity contribution >= 4 is 22.6 Å². The number of amides is 2. The van der Waals surface area contributed by atoms with Gasteiger partial charge in [-0.2, -0.15) is 0 Å². The van der Waals surface area contributed by atoms with Crippen LogP contribution in [0.2, 0.25) is 0 Å². The van der Waals surface area contributed by atoms with Crippen molar-refractivity contribution in [1.29, 1.82) is 0 Å². The second-order valence-corrected chi connectivity index (χ2v) is 3.49. The maximum Gasteiger partial charge on any atom is 0.258 e. The molecule has 2 aromatic rings. The summed E-state index contributed by atoms with van der Waals surface area (Å²) < 4.78 is 0. The minimum absolute atomic E-state index is 0. The summed E-state index contributed by atoms with van der Waals surface area (Å²) in [6.45, 7) is 0. The molecule has 0 spiro atoms. The van der Waals surface area contributed by atoms with Crippen molar-refractivity contribution in [3.8, 4) is 0 Å². The smallest absolute Gasteiger partial charge is 0.258 e. The topological polar surface area (TPSA) is 46.2 Å². The number of hydrogen-bond acceptors (Lipinski definition) is 2. The summed E-state index contributed by atoms with van der Waals surface area (Å²) in [5.74, 6) is -0.631. The van der Waals surface area contributed by atoms with E-state index >= 15 is 0 Å². The van der Waals surface area contributed by atoms with Gasteiger partial charge in [0.05, 0.1) is 0 Å². The normalized spacial score (nSPS) is 13.2. The second-order valence-electron chi connectivity index (χ2n) is 3.49. The van der Waals surface area contributed by atoms with Crippen molar-refractivity contribution in [3.63, 3.8) is 0 Å². The molecule has 81 valence electrons. The van der Waals surface area contributed by atoms with E-state index in [1.165, 1.54) is 0 Å². The molecule has 0 fully saturated rings. The first-order valence-corrected chi connectivity index (χ1v) is 4.65. The molecule has 3 nitrogen and oxygen atoms in total. The summed E-state index contributed by atoms with van der Waals surface area (Å²) in [6.07, 6.45) is 0. The molecule has 0 saturated heterocycles. The fourth-order valence-electron chi connectivity index (χ4n) is 1.96. The third-order valence-electron chi connectivity index (χ3n) is 2.62. The Morgan fingerprint density at radius 3 is 1.81 bits per heavy atom. The predicted molar refractivity (Wildman–Crippen MR) is 55.7 cm³/mol. The largest absolute Gasteiger partial charge is 0.288 e. The number of carbonyl (C=O) groups is 2. The van der Waals surface area contributed by atoms with Gasteiger partial charge in [0.15, 0.2) is 0 Å². The number of nitrogens with one attached hydrogen (secondary N) is 1. The van der Waals surface area contributed by atoms with Gasteiger partial charge in [-0.15, -0.1) is 0 Å². The van der Waals surface area contributed by atoms with Gasteiger partial charge in [-0.1, -0.05) is 24.3 Å². The quantitative estimate of drug-likeness (QED) is 0.729. The van der Waals surface area contributed by atoms with Crippen LogP contribution >= 0.6 is 0 Å². The van der Waals surface area contributed by atoms with Gasteiger partial charge in [-0.05, 0) is 17.5 Å². The number of hydrogen-bond donors (Lipinski definition) is 1. The van der Waals surface area contributed by atoms with Crippen molar-refractivity contribution < 1.29 is 26.4 Å². The van der Waals surface area contributed by atoms with Crippen LogP contribution in [-0.2, 0) is 16.8 Å². The van der Waals surface area contributed by atoms with E-state index < -0.39 is 0 Å². The summed E-state index contributed by atoms with van der Waals surface area (Å²) >= 11 is 0. The molecule has 1 aliphatic heterocycles. The fourth-order valence-corrected chi connectivity index (χ4v) is 1.96. The van der Waals surface area contributed by atoms with Crippen molar-refractivity contribution in [2.24, 2.45) is 0 Å². The standard InChI is InChI=1S/C12H7NO2.Co/c14-11-8-5-1-3-7-4-2-6-9(10(7)8)12(15)13-11;/h1-6H,(H,13,14,15);. The van der Waals surface area contributed by atoms with E-state index in [0.29, 0.717) is 11.1 Å². The summed E-state index contributed by atoms with van der Waals surface area (Å²) in [5, 5.41) is 4.00. The Morgan fingerprint density at radius 2 is 1.31 bits per heavy atom. The van der Waals surface area contributed by atoms with E-state index in [0.717, 1.165) is 10.8 Å². The van der Waals surface area contributed by atoms with Gasteiger partial charge in [0.25, 0.3) is 11.8 Å². The van der Waals surface area contributed by atoms with Gasteiger partial charge in [-0.3, -0.25) is 14.9 Å². The zero-order chi connectivity index (χ0) is 10.4. The first-order valence-electron chi connectivity index (χ1n) is 4.65. The van der Waals surface area contributed by atoms with E-state index in [1.807, 2.05) is 24.3 Å². The molecule has 1 N–H and O–H groups in total. The maximum absolute atomic E-state index is 11.6. The molecule has 2 aromatic carbocycles. The van der Waals surface area contributed by atoms with Gasteiger partial charge in [0.2, 0.25) is 0 Å². The van der Waals surface area contributed by atoms with E-state index in [1.54, 1.807) is 12.1 Å².